The molecular weight excluding hydrogens is 404 g/mol. The van der Waals surface area contributed by atoms with E-state index in [0.717, 1.165) is 16.0 Å². The molecule has 0 aliphatic heterocycles. The molecule has 0 saturated carbocycles. The molecule has 0 aromatic heterocycles. The lowest BCUT2D eigenvalue weighted by Crippen LogP contribution is -2.48. The van der Waals surface area contributed by atoms with E-state index in [-0.39, 0.29) is 17.6 Å². The van der Waals surface area contributed by atoms with Gasteiger partial charge in [0.05, 0.1) is 5.75 Å². The van der Waals surface area contributed by atoms with Gasteiger partial charge in [-0.2, -0.15) is 0 Å². The predicted octanol–water partition coefficient (Wildman–Crippen LogP) is 4.93. The molecule has 6 heteroatoms. The SMILES string of the molecule is Cc1ccc(CN(C(=O)CSc2ccc(Cl)cc2)[C@H](C)C(=O)NCC(C)C)cc1. The summed E-state index contributed by atoms with van der Waals surface area (Å²) in [4.78, 5) is 28.3. The molecule has 2 aromatic rings. The van der Waals surface area contributed by atoms with Crippen LogP contribution >= 0.6 is 23.4 Å². The molecule has 4 nitrogen and oxygen atoms in total. The average Bonchev–Trinajstić information content (AvgIpc) is 2.70. The third-order valence-corrected chi connectivity index (χ3v) is 5.75. The van der Waals surface area contributed by atoms with Crippen LogP contribution < -0.4 is 5.32 Å². The van der Waals surface area contributed by atoms with Gasteiger partial charge in [-0.25, -0.2) is 0 Å². The van der Waals surface area contributed by atoms with Crippen molar-refractivity contribution < 1.29 is 9.59 Å². The fourth-order valence-electron chi connectivity index (χ4n) is 2.68. The van der Waals surface area contributed by atoms with E-state index in [0.29, 0.717) is 24.0 Å². The molecule has 2 amide bonds. The van der Waals surface area contributed by atoms with Gasteiger partial charge >= 0.3 is 0 Å². The molecule has 0 heterocycles. The third-order valence-electron chi connectivity index (χ3n) is 4.50. The highest BCUT2D eigenvalue weighted by atomic mass is 35.5. The fourth-order valence-corrected chi connectivity index (χ4v) is 3.59. The van der Waals surface area contributed by atoms with Gasteiger partial charge in [0, 0.05) is 23.0 Å². The first-order chi connectivity index (χ1) is 13.8. The maximum atomic E-state index is 13.0. The smallest absolute Gasteiger partial charge is 0.242 e. The second kappa shape index (κ2) is 11.3. The summed E-state index contributed by atoms with van der Waals surface area (Å²) in [5.41, 5.74) is 2.16. The monoisotopic (exact) mass is 432 g/mol. The van der Waals surface area contributed by atoms with Crippen LogP contribution in [0.1, 0.15) is 31.9 Å². The van der Waals surface area contributed by atoms with Crippen molar-refractivity contribution in [2.24, 2.45) is 5.92 Å². The minimum atomic E-state index is -0.548. The summed E-state index contributed by atoms with van der Waals surface area (Å²) in [6, 6.07) is 14.9. The number of halogens is 1. The molecule has 0 fully saturated rings. The molecule has 2 aromatic carbocycles. The first-order valence-corrected chi connectivity index (χ1v) is 11.1. The lowest BCUT2D eigenvalue weighted by Gasteiger charge is -2.29. The van der Waals surface area contributed by atoms with Crippen molar-refractivity contribution in [3.05, 3.63) is 64.7 Å². The molecule has 29 heavy (non-hydrogen) atoms. The van der Waals surface area contributed by atoms with Gasteiger partial charge in [0.25, 0.3) is 0 Å². The molecule has 156 valence electrons. The van der Waals surface area contributed by atoms with Crippen molar-refractivity contribution in [3.8, 4) is 0 Å². The van der Waals surface area contributed by atoms with E-state index >= 15 is 0 Å². The molecule has 0 spiro atoms. The summed E-state index contributed by atoms with van der Waals surface area (Å²) in [7, 11) is 0. The predicted molar refractivity (Wildman–Crippen MR) is 121 cm³/mol. The van der Waals surface area contributed by atoms with Crippen LogP contribution in [0.2, 0.25) is 5.02 Å². The number of benzene rings is 2. The van der Waals surface area contributed by atoms with Crippen molar-refractivity contribution >= 4 is 35.2 Å². The quantitative estimate of drug-likeness (QED) is 0.571. The van der Waals surface area contributed by atoms with Crippen LogP contribution in [-0.4, -0.2) is 35.1 Å². The number of rotatable bonds is 9. The minimum absolute atomic E-state index is 0.0716. The summed E-state index contributed by atoms with van der Waals surface area (Å²) in [5, 5.41) is 3.60. The van der Waals surface area contributed by atoms with E-state index in [1.54, 1.807) is 24.0 Å². The zero-order valence-electron chi connectivity index (χ0n) is 17.4. The topological polar surface area (TPSA) is 49.4 Å². The van der Waals surface area contributed by atoms with E-state index in [2.05, 4.69) is 5.32 Å². The molecule has 0 aliphatic rings. The highest BCUT2D eigenvalue weighted by Gasteiger charge is 2.26. The molecule has 1 atom stereocenters. The van der Waals surface area contributed by atoms with E-state index in [4.69, 9.17) is 11.6 Å². The Bertz CT molecular complexity index is 807. The zero-order chi connectivity index (χ0) is 21.4. The molecule has 0 bridgehead atoms. The van der Waals surface area contributed by atoms with Gasteiger partial charge in [0.1, 0.15) is 6.04 Å². The van der Waals surface area contributed by atoms with Crippen molar-refractivity contribution in [1.29, 1.82) is 0 Å². The van der Waals surface area contributed by atoms with Gasteiger partial charge in [-0.05, 0) is 49.6 Å². The van der Waals surface area contributed by atoms with E-state index in [1.165, 1.54) is 11.8 Å². The van der Waals surface area contributed by atoms with Gasteiger partial charge in [0.2, 0.25) is 11.8 Å². The summed E-state index contributed by atoms with van der Waals surface area (Å²) < 4.78 is 0. The van der Waals surface area contributed by atoms with Crippen molar-refractivity contribution in [2.45, 2.75) is 45.2 Å². The number of nitrogens with one attached hydrogen (secondary N) is 1. The highest BCUT2D eigenvalue weighted by Crippen LogP contribution is 2.22. The van der Waals surface area contributed by atoms with Gasteiger partial charge in [-0.15, -0.1) is 11.8 Å². The largest absolute Gasteiger partial charge is 0.354 e. The number of carbonyl (C=O) groups excluding carboxylic acids is 2. The molecule has 2 rings (SSSR count). The molecule has 0 aliphatic carbocycles. The average molecular weight is 433 g/mol. The van der Waals surface area contributed by atoms with Gasteiger partial charge in [0.15, 0.2) is 0 Å². The number of amides is 2. The summed E-state index contributed by atoms with van der Waals surface area (Å²) in [6.07, 6.45) is 0. The zero-order valence-corrected chi connectivity index (χ0v) is 19.0. The van der Waals surface area contributed by atoms with Gasteiger partial charge in [-0.1, -0.05) is 55.3 Å². The number of nitrogens with zero attached hydrogens (tertiary/aromatic N) is 1. The number of aryl methyl sites for hydroxylation is 1. The number of hydrogen-bond acceptors (Lipinski definition) is 3. The van der Waals surface area contributed by atoms with E-state index < -0.39 is 6.04 Å². The van der Waals surface area contributed by atoms with Gasteiger partial charge < -0.3 is 10.2 Å². The maximum absolute atomic E-state index is 13.0. The molecule has 1 N–H and O–H groups in total. The number of hydrogen-bond donors (Lipinski definition) is 1. The van der Waals surface area contributed by atoms with Crippen molar-refractivity contribution in [3.63, 3.8) is 0 Å². The Kier molecular flexibility index (Phi) is 9.05. The maximum Gasteiger partial charge on any atom is 0.242 e. The standard InChI is InChI=1S/C23H29ClN2O2S/c1-16(2)13-25-23(28)18(4)26(14-19-7-5-17(3)6-8-19)22(27)15-29-21-11-9-20(24)10-12-21/h5-12,16,18H,13-15H2,1-4H3,(H,25,28)/t18-/m1/s1. The Morgan fingerprint density at radius 2 is 1.66 bits per heavy atom. The van der Waals surface area contributed by atoms with Crippen LogP contribution in [-0.2, 0) is 16.1 Å². The Labute approximate surface area is 183 Å². The lowest BCUT2D eigenvalue weighted by atomic mass is 10.1. The first-order valence-electron chi connectivity index (χ1n) is 9.77. The molecule has 0 unspecified atom stereocenters. The molecule has 0 radical (unpaired) electrons. The second-order valence-electron chi connectivity index (χ2n) is 7.56. The Hall–Kier alpha value is -1.98. The van der Waals surface area contributed by atoms with Crippen LogP contribution in [0.3, 0.4) is 0 Å². The van der Waals surface area contributed by atoms with Crippen LogP contribution in [0, 0.1) is 12.8 Å². The fraction of sp³-hybridized carbons (Fsp3) is 0.391. The lowest BCUT2D eigenvalue weighted by molar-refractivity contribution is -0.138. The van der Waals surface area contributed by atoms with Crippen LogP contribution in [0.4, 0.5) is 0 Å². The molecule has 0 saturated heterocycles. The second-order valence-corrected chi connectivity index (χ2v) is 9.05. The first kappa shape index (κ1) is 23.3. The highest BCUT2D eigenvalue weighted by molar-refractivity contribution is 8.00. The van der Waals surface area contributed by atoms with Gasteiger partial charge in [-0.3, -0.25) is 9.59 Å². The van der Waals surface area contributed by atoms with Crippen LogP contribution in [0.25, 0.3) is 0 Å². The van der Waals surface area contributed by atoms with E-state index in [1.807, 2.05) is 57.2 Å². The Morgan fingerprint density at radius 3 is 2.24 bits per heavy atom. The van der Waals surface area contributed by atoms with Crippen LogP contribution in [0.15, 0.2) is 53.4 Å². The van der Waals surface area contributed by atoms with Crippen molar-refractivity contribution in [2.75, 3.05) is 12.3 Å². The number of thioether (sulfide) groups is 1. The van der Waals surface area contributed by atoms with E-state index in [9.17, 15) is 9.59 Å². The van der Waals surface area contributed by atoms with Crippen molar-refractivity contribution in [1.82, 2.24) is 10.2 Å². The van der Waals surface area contributed by atoms with Crippen LogP contribution in [0.5, 0.6) is 0 Å². The Balaban J connectivity index is 2.10. The third kappa shape index (κ3) is 7.75. The summed E-state index contributed by atoms with van der Waals surface area (Å²) in [5.74, 6) is 0.413. The summed E-state index contributed by atoms with van der Waals surface area (Å²) >= 11 is 7.37. The molecular formula is C23H29ClN2O2S. The minimum Gasteiger partial charge on any atom is -0.354 e. The Morgan fingerprint density at radius 1 is 1.03 bits per heavy atom. The number of carbonyl (C=O) groups is 2. The summed E-state index contributed by atoms with van der Waals surface area (Å²) in [6.45, 7) is 8.89. The normalized spacial score (nSPS) is 11.9.